The Kier molecular flexibility index (Phi) is 3.34. The predicted octanol–water partition coefficient (Wildman–Crippen LogP) is 3.68. The third-order valence-electron chi connectivity index (χ3n) is 4.28. The molecular weight excluding hydrogens is 220 g/mol. The predicted molar refractivity (Wildman–Crippen MR) is 75.6 cm³/mol. The third-order valence-corrected chi connectivity index (χ3v) is 4.28. The Morgan fingerprint density at radius 1 is 1.28 bits per heavy atom. The van der Waals surface area contributed by atoms with Gasteiger partial charge in [-0.15, -0.1) is 0 Å². The molecule has 1 fully saturated rings. The van der Waals surface area contributed by atoms with Crippen molar-refractivity contribution >= 4 is 5.69 Å². The number of piperidine rings is 1. The van der Waals surface area contributed by atoms with Crippen molar-refractivity contribution in [1.29, 1.82) is 5.26 Å². The number of nitriles is 1. The summed E-state index contributed by atoms with van der Waals surface area (Å²) < 4.78 is 0. The number of benzene rings is 1. The van der Waals surface area contributed by atoms with E-state index in [4.69, 9.17) is 0 Å². The van der Waals surface area contributed by atoms with Crippen molar-refractivity contribution in [3.05, 3.63) is 29.3 Å². The SMILES string of the molecule is Cc1cccc(C)c1N1CCC(C)(C)C(C#N)C1. The Balaban J connectivity index is 2.30. The zero-order valence-electron chi connectivity index (χ0n) is 11.8. The van der Waals surface area contributed by atoms with Crippen molar-refractivity contribution in [2.24, 2.45) is 11.3 Å². The highest BCUT2D eigenvalue weighted by Crippen LogP contribution is 2.38. The molecule has 0 spiro atoms. The van der Waals surface area contributed by atoms with E-state index in [9.17, 15) is 5.26 Å². The molecule has 0 saturated carbocycles. The van der Waals surface area contributed by atoms with Gasteiger partial charge in [0.05, 0.1) is 12.0 Å². The summed E-state index contributed by atoms with van der Waals surface area (Å²) >= 11 is 0. The van der Waals surface area contributed by atoms with E-state index in [2.05, 4.69) is 56.9 Å². The van der Waals surface area contributed by atoms with Gasteiger partial charge in [0, 0.05) is 18.8 Å². The van der Waals surface area contributed by atoms with Crippen molar-refractivity contribution < 1.29 is 0 Å². The van der Waals surface area contributed by atoms with Gasteiger partial charge in [-0.3, -0.25) is 0 Å². The lowest BCUT2D eigenvalue weighted by Gasteiger charge is -2.42. The molecule has 2 nitrogen and oxygen atoms in total. The molecule has 1 saturated heterocycles. The Morgan fingerprint density at radius 3 is 2.44 bits per heavy atom. The molecule has 2 heteroatoms. The molecule has 0 radical (unpaired) electrons. The molecular formula is C16H22N2. The maximum absolute atomic E-state index is 9.35. The topological polar surface area (TPSA) is 27.0 Å². The van der Waals surface area contributed by atoms with Crippen LogP contribution in [0.25, 0.3) is 0 Å². The van der Waals surface area contributed by atoms with Crippen molar-refractivity contribution in [3.63, 3.8) is 0 Å². The number of nitrogens with zero attached hydrogens (tertiary/aromatic N) is 2. The third kappa shape index (κ3) is 2.22. The average Bonchev–Trinajstić information content (AvgIpc) is 2.30. The van der Waals surface area contributed by atoms with E-state index in [0.29, 0.717) is 0 Å². The van der Waals surface area contributed by atoms with E-state index in [0.717, 1.165) is 19.5 Å². The van der Waals surface area contributed by atoms with Gasteiger partial charge in [0.15, 0.2) is 0 Å². The van der Waals surface area contributed by atoms with E-state index in [1.165, 1.54) is 16.8 Å². The minimum atomic E-state index is 0.116. The quantitative estimate of drug-likeness (QED) is 0.751. The van der Waals surface area contributed by atoms with Crippen molar-refractivity contribution in [3.8, 4) is 6.07 Å². The van der Waals surface area contributed by atoms with Crippen molar-refractivity contribution in [2.75, 3.05) is 18.0 Å². The van der Waals surface area contributed by atoms with Crippen LogP contribution < -0.4 is 4.90 Å². The Bertz CT molecular complexity index is 462. The van der Waals surface area contributed by atoms with E-state index >= 15 is 0 Å². The lowest BCUT2D eigenvalue weighted by Crippen LogP contribution is -2.44. The van der Waals surface area contributed by atoms with Crippen molar-refractivity contribution in [2.45, 2.75) is 34.1 Å². The molecule has 1 aromatic rings. The second-order valence-electron chi connectivity index (χ2n) is 6.11. The van der Waals surface area contributed by atoms with Crippen LogP contribution in [-0.4, -0.2) is 13.1 Å². The summed E-state index contributed by atoms with van der Waals surface area (Å²) in [6, 6.07) is 8.90. The van der Waals surface area contributed by atoms with Crippen LogP contribution in [0.15, 0.2) is 18.2 Å². The van der Waals surface area contributed by atoms with Gasteiger partial charge in [0.1, 0.15) is 0 Å². The lowest BCUT2D eigenvalue weighted by atomic mass is 9.74. The molecule has 1 atom stereocenters. The highest BCUT2D eigenvalue weighted by Gasteiger charge is 2.36. The van der Waals surface area contributed by atoms with Gasteiger partial charge in [0.2, 0.25) is 0 Å². The fourth-order valence-corrected chi connectivity index (χ4v) is 2.88. The number of aryl methyl sites for hydroxylation is 2. The maximum Gasteiger partial charge on any atom is 0.0690 e. The highest BCUT2D eigenvalue weighted by molar-refractivity contribution is 5.59. The summed E-state index contributed by atoms with van der Waals surface area (Å²) in [6.45, 7) is 10.6. The highest BCUT2D eigenvalue weighted by atomic mass is 15.1. The molecule has 0 bridgehead atoms. The molecule has 1 unspecified atom stereocenters. The van der Waals surface area contributed by atoms with E-state index in [1.807, 2.05) is 0 Å². The molecule has 96 valence electrons. The minimum absolute atomic E-state index is 0.116. The summed E-state index contributed by atoms with van der Waals surface area (Å²) in [6.07, 6.45) is 1.08. The average molecular weight is 242 g/mol. The molecule has 1 aliphatic heterocycles. The van der Waals surface area contributed by atoms with Gasteiger partial charge in [-0.2, -0.15) is 5.26 Å². The fourth-order valence-electron chi connectivity index (χ4n) is 2.88. The van der Waals surface area contributed by atoms with Crippen LogP contribution in [0.1, 0.15) is 31.4 Å². The summed E-state index contributed by atoms with van der Waals surface area (Å²) in [5, 5.41) is 9.35. The van der Waals surface area contributed by atoms with Crippen LogP contribution in [0.4, 0.5) is 5.69 Å². The van der Waals surface area contributed by atoms with Gasteiger partial charge in [-0.1, -0.05) is 32.0 Å². The first-order chi connectivity index (χ1) is 8.45. The first kappa shape index (κ1) is 13.0. The van der Waals surface area contributed by atoms with E-state index in [1.54, 1.807) is 0 Å². The molecule has 1 aliphatic rings. The minimum Gasteiger partial charge on any atom is -0.370 e. The van der Waals surface area contributed by atoms with E-state index < -0.39 is 0 Å². The van der Waals surface area contributed by atoms with Crippen LogP contribution in [-0.2, 0) is 0 Å². The lowest BCUT2D eigenvalue weighted by molar-refractivity contribution is 0.217. The number of hydrogen-bond acceptors (Lipinski definition) is 2. The number of para-hydroxylation sites is 1. The zero-order valence-corrected chi connectivity index (χ0v) is 11.8. The molecule has 0 aliphatic carbocycles. The first-order valence-corrected chi connectivity index (χ1v) is 6.66. The van der Waals surface area contributed by atoms with Crippen LogP contribution in [0.3, 0.4) is 0 Å². The van der Waals surface area contributed by atoms with Gasteiger partial charge < -0.3 is 4.90 Å². The first-order valence-electron chi connectivity index (χ1n) is 6.66. The molecule has 1 heterocycles. The second kappa shape index (κ2) is 4.65. The van der Waals surface area contributed by atoms with Gasteiger partial charge in [-0.05, 0) is 36.8 Å². The maximum atomic E-state index is 9.35. The molecule has 2 rings (SSSR count). The van der Waals surface area contributed by atoms with Crippen LogP contribution >= 0.6 is 0 Å². The standard InChI is InChI=1S/C16H22N2/c1-12-6-5-7-13(2)15(12)18-9-8-16(3,4)14(10-17)11-18/h5-7,14H,8-9,11H2,1-4H3. The summed E-state index contributed by atoms with van der Waals surface area (Å²) in [5.74, 6) is 0.116. The Morgan fingerprint density at radius 2 is 1.89 bits per heavy atom. The van der Waals surface area contributed by atoms with Crippen LogP contribution in [0.5, 0.6) is 0 Å². The number of anilines is 1. The molecule has 0 amide bonds. The number of hydrogen-bond donors (Lipinski definition) is 0. The van der Waals surface area contributed by atoms with Crippen LogP contribution in [0.2, 0.25) is 0 Å². The number of rotatable bonds is 1. The van der Waals surface area contributed by atoms with Gasteiger partial charge in [-0.25, -0.2) is 0 Å². The summed E-state index contributed by atoms with van der Waals surface area (Å²) in [4.78, 5) is 2.39. The molecule has 0 N–H and O–H groups in total. The molecule has 0 aromatic heterocycles. The molecule has 1 aromatic carbocycles. The zero-order chi connectivity index (χ0) is 13.3. The summed E-state index contributed by atoms with van der Waals surface area (Å²) in [7, 11) is 0. The molecule has 18 heavy (non-hydrogen) atoms. The van der Waals surface area contributed by atoms with E-state index in [-0.39, 0.29) is 11.3 Å². The summed E-state index contributed by atoms with van der Waals surface area (Å²) in [5.41, 5.74) is 4.09. The van der Waals surface area contributed by atoms with Crippen LogP contribution in [0, 0.1) is 36.5 Å². The van der Waals surface area contributed by atoms with Crippen molar-refractivity contribution in [1.82, 2.24) is 0 Å². The smallest absolute Gasteiger partial charge is 0.0690 e. The fraction of sp³-hybridized carbons (Fsp3) is 0.562. The second-order valence-corrected chi connectivity index (χ2v) is 6.11. The Labute approximate surface area is 110 Å². The van der Waals surface area contributed by atoms with Gasteiger partial charge >= 0.3 is 0 Å². The Hall–Kier alpha value is -1.49. The van der Waals surface area contributed by atoms with Gasteiger partial charge in [0.25, 0.3) is 0 Å². The largest absolute Gasteiger partial charge is 0.370 e. The normalized spacial score (nSPS) is 22.6. The monoisotopic (exact) mass is 242 g/mol.